The van der Waals surface area contributed by atoms with Crippen molar-refractivity contribution in [3.63, 3.8) is 0 Å². The summed E-state index contributed by atoms with van der Waals surface area (Å²) in [6.45, 7) is 5.86. The molecule has 0 unspecified atom stereocenters. The van der Waals surface area contributed by atoms with Crippen LogP contribution in [0.1, 0.15) is 53.7 Å². The third kappa shape index (κ3) is 1.28. The number of rotatable bonds is 1. The van der Waals surface area contributed by atoms with Crippen molar-refractivity contribution in [3.05, 3.63) is 64.7 Å². The lowest BCUT2D eigenvalue weighted by Gasteiger charge is -2.62. The molecule has 2 aromatic rings. The zero-order valence-corrected chi connectivity index (χ0v) is 15.3. The molecule has 0 aromatic heterocycles. The molecule has 0 saturated carbocycles. The summed E-state index contributed by atoms with van der Waals surface area (Å²) >= 11 is 0. The molecule has 0 radical (unpaired) electrons. The largest absolute Gasteiger partial charge is 0.496 e. The Labute approximate surface area is 152 Å². The number of benzene rings is 2. The Morgan fingerprint density at radius 3 is 2.46 bits per heavy atom. The van der Waals surface area contributed by atoms with Crippen molar-refractivity contribution >= 4 is 11.8 Å². The molecule has 4 nitrogen and oxygen atoms in total. The van der Waals surface area contributed by atoms with Crippen LogP contribution < -0.4 is 4.74 Å². The van der Waals surface area contributed by atoms with Gasteiger partial charge < -0.3 is 9.47 Å². The topological polar surface area (TPSA) is 52.6 Å². The minimum Gasteiger partial charge on any atom is -0.496 e. The molecule has 2 aromatic carbocycles. The molecular weight excluding hydrogens is 328 g/mol. The van der Waals surface area contributed by atoms with E-state index in [0.717, 1.165) is 16.7 Å². The first-order chi connectivity index (χ1) is 12.3. The van der Waals surface area contributed by atoms with Crippen LogP contribution in [0, 0.1) is 5.41 Å². The molecule has 4 atom stereocenters. The molecular formula is C22H20O4. The van der Waals surface area contributed by atoms with Gasteiger partial charge in [0.1, 0.15) is 11.4 Å². The van der Waals surface area contributed by atoms with Crippen LogP contribution in [-0.2, 0) is 20.5 Å². The van der Waals surface area contributed by atoms with Crippen molar-refractivity contribution in [2.75, 3.05) is 7.11 Å². The average Bonchev–Trinajstić information content (AvgIpc) is 2.82. The van der Waals surface area contributed by atoms with Gasteiger partial charge in [0.05, 0.1) is 18.4 Å². The second-order valence-electron chi connectivity index (χ2n) is 8.01. The van der Waals surface area contributed by atoms with Gasteiger partial charge in [0.15, 0.2) is 5.78 Å². The number of ether oxygens (including phenoxy) is 2. The Balaban J connectivity index is 1.97. The van der Waals surface area contributed by atoms with Gasteiger partial charge in [0.2, 0.25) is 0 Å². The van der Waals surface area contributed by atoms with E-state index in [4.69, 9.17) is 9.47 Å². The fourth-order valence-electron chi connectivity index (χ4n) is 5.87. The van der Waals surface area contributed by atoms with Crippen LogP contribution in [0.3, 0.4) is 0 Å². The maximum atomic E-state index is 13.7. The molecule has 2 aliphatic heterocycles. The Bertz CT molecular complexity index is 1010. The van der Waals surface area contributed by atoms with Gasteiger partial charge in [-0.15, -0.1) is 0 Å². The summed E-state index contributed by atoms with van der Waals surface area (Å²) in [6, 6.07) is 13.4. The SMILES string of the molecule is COc1cccc2c1[C@]1(C)[C@H]3C(=O)O[C@@](C)(c4ccccc43)[C@@]1(C)C2=O. The van der Waals surface area contributed by atoms with Crippen LogP contribution in [0.5, 0.6) is 5.75 Å². The first kappa shape index (κ1) is 15.6. The maximum absolute atomic E-state index is 13.7. The van der Waals surface area contributed by atoms with Crippen molar-refractivity contribution in [2.24, 2.45) is 5.41 Å². The fraction of sp³-hybridized carbons (Fsp3) is 0.364. The number of carbonyl (C=O) groups is 2. The first-order valence-electron chi connectivity index (χ1n) is 8.87. The fourth-order valence-corrected chi connectivity index (χ4v) is 5.87. The van der Waals surface area contributed by atoms with E-state index in [2.05, 4.69) is 0 Å². The average molecular weight is 348 g/mol. The van der Waals surface area contributed by atoms with Crippen LogP contribution in [0.25, 0.3) is 0 Å². The van der Waals surface area contributed by atoms with Gasteiger partial charge in [-0.05, 0) is 25.5 Å². The highest BCUT2D eigenvalue weighted by atomic mass is 16.6. The van der Waals surface area contributed by atoms with E-state index in [0.29, 0.717) is 11.3 Å². The normalized spacial score (nSPS) is 36.2. The van der Waals surface area contributed by atoms with Gasteiger partial charge in [-0.1, -0.05) is 43.3 Å². The van der Waals surface area contributed by atoms with Crippen LogP contribution in [0.2, 0.25) is 0 Å². The van der Waals surface area contributed by atoms with E-state index in [1.54, 1.807) is 7.11 Å². The molecule has 2 heterocycles. The predicted octanol–water partition coefficient (Wildman–Crippen LogP) is 3.72. The van der Waals surface area contributed by atoms with Crippen LogP contribution in [-0.4, -0.2) is 18.9 Å². The molecule has 4 aliphatic rings. The van der Waals surface area contributed by atoms with Gasteiger partial charge >= 0.3 is 5.97 Å². The van der Waals surface area contributed by atoms with Crippen molar-refractivity contribution < 1.29 is 19.1 Å². The quantitative estimate of drug-likeness (QED) is 0.737. The van der Waals surface area contributed by atoms with E-state index in [1.165, 1.54) is 0 Å². The lowest BCUT2D eigenvalue weighted by atomic mass is 9.44. The number of hydrogen-bond acceptors (Lipinski definition) is 4. The van der Waals surface area contributed by atoms with E-state index in [-0.39, 0.29) is 11.8 Å². The van der Waals surface area contributed by atoms with E-state index in [1.807, 2.05) is 63.2 Å². The Morgan fingerprint density at radius 2 is 1.73 bits per heavy atom. The molecule has 1 saturated heterocycles. The zero-order valence-electron chi connectivity index (χ0n) is 15.3. The molecule has 0 amide bonds. The lowest BCUT2D eigenvalue weighted by Crippen LogP contribution is -2.68. The van der Waals surface area contributed by atoms with Crippen molar-refractivity contribution in [1.29, 1.82) is 0 Å². The highest BCUT2D eigenvalue weighted by Crippen LogP contribution is 2.73. The van der Waals surface area contributed by atoms with E-state index < -0.39 is 22.3 Å². The second kappa shape index (κ2) is 4.37. The molecule has 26 heavy (non-hydrogen) atoms. The number of esters is 1. The van der Waals surface area contributed by atoms with Crippen LogP contribution >= 0.6 is 0 Å². The summed E-state index contributed by atoms with van der Waals surface area (Å²) in [4.78, 5) is 26.7. The molecule has 0 spiro atoms. The standard InChI is InChI=1S/C22H20O4/c1-20-16-13(9-7-11-15(16)25-4)18(23)21(20,2)22(3)14-10-6-5-8-12(14)17(20)19(24)26-22/h5-11,17H,1-4H3/t17-,20-,21+,22+/m1/s1. The van der Waals surface area contributed by atoms with Gasteiger partial charge in [-0.3, -0.25) is 9.59 Å². The molecule has 0 N–H and O–H groups in total. The molecule has 2 aliphatic carbocycles. The summed E-state index contributed by atoms with van der Waals surface area (Å²) in [6.07, 6.45) is 0. The highest BCUT2D eigenvalue weighted by molar-refractivity contribution is 6.11. The third-order valence-electron chi connectivity index (χ3n) is 7.36. The molecule has 4 heteroatoms. The number of hydrogen-bond donors (Lipinski definition) is 0. The number of methoxy groups -OCH3 is 1. The minimum absolute atomic E-state index is 0.0170. The predicted molar refractivity (Wildman–Crippen MR) is 95.4 cm³/mol. The molecule has 1 fully saturated rings. The Hall–Kier alpha value is -2.62. The van der Waals surface area contributed by atoms with Crippen molar-refractivity contribution in [1.82, 2.24) is 0 Å². The van der Waals surface area contributed by atoms with Crippen LogP contribution in [0.4, 0.5) is 0 Å². The zero-order chi connectivity index (χ0) is 18.5. The van der Waals surface area contributed by atoms with Crippen LogP contribution in [0.15, 0.2) is 42.5 Å². The van der Waals surface area contributed by atoms with Crippen molar-refractivity contribution in [3.8, 4) is 5.75 Å². The summed E-state index contributed by atoms with van der Waals surface area (Å²) in [5, 5.41) is 0. The smallest absolute Gasteiger partial charge is 0.315 e. The molecule has 132 valence electrons. The minimum atomic E-state index is -1.02. The number of Topliss-reactive ketones (excluding diaryl/α,β-unsaturated/α-hetero) is 1. The number of fused-ring (bicyclic) bond motifs is 2. The summed E-state index contributed by atoms with van der Waals surface area (Å²) in [7, 11) is 1.61. The third-order valence-corrected chi connectivity index (χ3v) is 7.36. The van der Waals surface area contributed by atoms with E-state index >= 15 is 0 Å². The molecule has 2 bridgehead atoms. The molecule has 6 rings (SSSR count). The van der Waals surface area contributed by atoms with Gasteiger partial charge in [0.25, 0.3) is 0 Å². The summed E-state index contributed by atoms with van der Waals surface area (Å²) in [5.74, 6) is -0.128. The first-order valence-corrected chi connectivity index (χ1v) is 8.87. The monoisotopic (exact) mass is 348 g/mol. The van der Waals surface area contributed by atoms with E-state index in [9.17, 15) is 9.59 Å². The van der Waals surface area contributed by atoms with Gasteiger partial charge in [-0.25, -0.2) is 0 Å². The van der Waals surface area contributed by atoms with Gasteiger partial charge in [-0.2, -0.15) is 0 Å². The Morgan fingerprint density at radius 1 is 1.00 bits per heavy atom. The number of carbonyl (C=O) groups excluding carboxylic acids is 2. The van der Waals surface area contributed by atoms with Gasteiger partial charge in [0, 0.05) is 22.1 Å². The maximum Gasteiger partial charge on any atom is 0.315 e. The Kier molecular flexibility index (Phi) is 2.63. The summed E-state index contributed by atoms with van der Waals surface area (Å²) in [5.41, 5.74) is 0.705. The van der Waals surface area contributed by atoms with Crippen molar-refractivity contribution in [2.45, 2.75) is 37.7 Å². The lowest BCUT2D eigenvalue weighted by molar-refractivity contribution is -0.207. The highest BCUT2D eigenvalue weighted by Gasteiger charge is 2.78. The second-order valence-corrected chi connectivity index (χ2v) is 8.01. The number of ketones is 1. The summed E-state index contributed by atoms with van der Waals surface area (Å²) < 4.78 is 11.6.